The zero-order valence-corrected chi connectivity index (χ0v) is 11.9. The second kappa shape index (κ2) is 6.37. The van der Waals surface area contributed by atoms with Crippen molar-refractivity contribution in [2.75, 3.05) is 7.11 Å². The molecular weight excluding hydrogens is 257 g/mol. The van der Waals surface area contributed by atoms with Gasteiger partial charge >= 0.3 is 0 Å². The molecule has 0 aliphatic rings. The summed E-state index contributed by atoms with van der Waals surface area (Å²) in [5, 5.41) is 0. The van der Waals surface area contributed by atoms with Crippen LogP contribution in [0.3, 0.4) is 0 Å². The molecule has 0 N–H and O–H groups in total. The van der Waals surface area contributed by atoms with E-state index in [2.05, 4.69) is 18.8 Å². The van der Waals surface area contributed by atoms with E-state index in [0.29, 0.717) is 23.1 Å². The van der Waals surface area contributed by atoms with Crippen molar-refractivity contribution < 1.29 is 13.9 Å². The van der Waals surface area contributed by atoms with Gasteiger partial charge in [-0.15, -0.1) is 0 Å². The molecule has 0 fully saturated rings. The number of halogens is 1. The van der Waals surface area contributed by atoms with Gasteiger partial charge in [-0.3, -0.25) is 0 Å². The smallest absolute Gasteiger partial charge is 0.213 e. The number of hydrogen-bond donors (Lipinski definition) is 0. The number of benzene rings is 1. The number of ether oxygens (including phenoxy) is 2. The van der Waals surface area contributed by atoms with Gasteiger partial charge in [-0.1, -0.05) is 13.8 Å². The topological polar surface area (TPSA) is 31.4 Å². The van der Waals surface area contributed by atoms with Crippen molar-refractivity contribution in [1.82, 2.24) is 4.98 Å². The average Bonchev–Trinajstić information content (AvgIpc) is 2.44. The molecule has 0 aliphatic heterocycles. The van der Waals surface area contributed by atoms with Crippen LogP contribution < -0.4 is 9.47 Å². The molecule has 4 heteroatoms. The first-order chi connectivity index (χ1) is 9.58. The summed E-state index contributed by atoms with van der Waals surface area (Å²) < 4.78 is 24.0. The van der Waals surface area contributed by atoms with E-state index >= 15 is 0 Å². The maximum absolute atomic E-state index is 13.4. The third-order valence-corrected chi connectivity index (χ3v) is 2.98. The van der Waals surface area contributed by atoms with E-state index in [-0.39, 0.29) is 12.4 Å². The van der Waals surface area contributed by atoms with Crippen LogP contribution in [0.2, 0.25) is 0 Å². The summed E-state index contributed by atoms with van der Waals surface area (Å²) in [6.07, 6.45) is 1.72. The third-order valence-electron chi connectivity index (χ3n) is 2.98. The quantitative estimate of drug-likeness (QED) is 0.828. The molecule has 3 nitrogen and oxygen atoms in total. The molecule has 2 aromatic rings. The van der Waals surface area contributed by atoms with Gasteiger partial charge in [0.05, 0.1) is 7.11 Å². The van der Waals surface area contributed by atoms with Crippen LogP contribution in [0.1, 0.15) is 30.9 Å². The van der Waals surface area contributed by atoms with Crippen molar-refractivity contribution in [2.45, 2.75) is 26.4 Å². The molecule has 1 aromatic heterocycles. The van der Waals surface area contributed by atoms with Gasteiger partial charge in [0.2, 0.25) is 5.88 Å². The minimum absolute atomic E-state index is 0.253. The molecule has 1 aromatic carbocycles. The highest BCUT2D eigenvalue weighted by molar-refractivity contribution is 5.30. The minimum atomic E-state index is -0.341. The number of hydrogen-bond acceptors (Lipinski definition) is 3. The van der Waals surface area contributed by atoms with Crippen molar-refractivity contribution in [1.29, 1.82) is 0 Å². The van der Waals surface area contributed by atoms with E-state index in [4.69, 9.17) is 9.47 Å². The lowest BCUT2D eigenvalue weighted by molar-refractivity contribution is 0.292. The van der Waals surface area contributed by atoms with Gasteiger partial charge in [0.15, 0.2) is 0 Å². The number of pyridine rings is 1. The summed E-state index contributed by atoms with van der Waals surface area (Å²) in [6, 6.07) is 8.37. The van der Waals surface area contributed by atoms with Gasteiger partial charge in [-0.2, -0.15) is 0 Å². The molecule has 0 unspecified atom stereocenters. The molecule has 20 heavy (non-hydrogen) atoms. The summed E-state index contributed by atoms with van der Waals surface area (Å²) >= 11 is 0. The standard InChI is InChI=1S/C16H18FNO2/c1-11(2)13-4-5-18-16(8-13)20-10-12-6-14(17)9-15(7-12)19-3/h4-9,11H,10H2,1-3H3. The number of nitrogens with zero attached hydrogens (tertiary/aromatic N) is 1. The molecule has 0 saturated carbocycles. The van der Waals surface area contributed by atoms with Crippen molar-refractivity contribution in [3.8, 4) is 11.6 Å². The maximum Gasteiger partial charge on any atom is 0.213 e. The Kier molecular flexibility index (Phi) is 4.56. The van der Waals surface area contributed by atoms with Gasteiger partial charge in [0.1, 0.15) is 18.2 Å². The largest absolute Gasteiger partial charge is 0.497 e. The van der Waals surface area contributed by atoms with Crippen LogP contribution >= 0.6 is 0 Å². The highest BCUT2D eigenvalue weighted by Gasteiger charge is 2.05. The van der Waals surface area contributed by atoms with E-state index in [1.807, 2.05) is 12.1 Å². The number of rotatable bonds is 5. The summed E-state index contributed by atoms with van der Waals surface area (Å²) in [5.74, 6) is 1.09. The second-order valence-electron chi connectivity index (χ2n) is 4.87. The van der Waals surface area contributed by atoms with Crippen LogP contribution in [0.4, 0.5) is 4.39 Å². The monoisotopic (exact) mass is 275 g/mol. The fraction of sp³-hybridized carbons (Fsp3) is 0.312. The van der Waals surface area contributed by atoms with E-state index in [9.17, 15) is 4.39 Å². The first-order valence-electron chi connectivity index (χ1n) is 6.50. The normalized spacial score (nSPS) is 10.7. The molecule has 0 aliphatic carbocycles. The molecule has 0 radical (unpaired) electrons. The Morgan fingerprint density at radius 3 is 2.70 bits per heavy atom. The van der Waals surface area contributed by atoms with Gasteiger partial charge in [0, 0.05) is 18.3 Å². The van der Waals surface area contributed by atoms with Crippen molar-refractivity contribution in [3.63, 3.8) is 0 Å². The molecule has 106 valence electrons. The molecule has 0 saturated heterocycles. The van der Waals surface area contributed by atoms with Gasteiger partial charge in [-0.05, 0) is 35.2 Å². The van der Waals surface area contributed by atoms with Gasteiger partial charge in [-0.25, -0.2) is 9.37 Å². The van der Waals surface area contributed by atoms with Crippen molar-refractivity contribution >= 4 is 0 Å². The Morgan fingerprint density at radius 1 is 1.20 bits per heavy atom. The van der Waals surface area contributed by atoms with Crippen molar-refractivity contribution in [3.05, 3.63) is 53.5 Å². The SMILES string of the molecule is COc1cc(F)cc(COc2cc(C(C)C)ccn2)c1. The predicted molar refractivity (Wildman–Crippen MR) is 75.6 cm³/mol. The third kappa shape index (κ3) is 3.70. The first-order valence-corrected chi connectivity index (χ1v) is 6.50. The molecule has 2 rings (SSSR count). The molecule has 0 bridgehead atoms. The fourth-order valence-corrected chi connectivity index (χ4v) is 1.84. The zero-order chi connectivity index (χ0) is 14.5. The Bertz CT molecular complexity index is 584. The lowest BCUT2D eigenvalue weighted by atomic mass is 10.1. The Hall–Kier alpha value is -2.10. The Labute approximate surface area is 118 Å². The van der Waals surface area contributed by atoms with E-state index in [1.165, 1.54) is 19.2 Å². The van der Waals surface area contributed by atoms with Crippen LogP contribution in [-0.4, -0.2) is 12.1 Å². The first kappa shape index (κ1) is 14.3. The van der Waals surface area contributed by atoms with Crippen LogP contribution in [0, 0.1) is 5.82 Å². The number of methoxy groups -OCH3 is 1. The Balaban J connectivity index is 2.08. The molecule has 0 amide bonds. The van der Waals surface area contributed by atoms with Crippen LogP contribution in [0.15, 0.2) is 36.5 Å². The number of aromatic nitrogens is 1. The maximum atomic E-state index is 13.4. The van der Waals surface area contributed by atoms with E-state index < -0.39 is 0 Å². The van der Waals surface area contributed by atoms with Crippen LogP contribution in [0.5, 0.6) is 11.6 Å². The molecule has 1 heterocycles. The highest BCUT2D eigenvalue weighted by atomic mass is 19.1. The zero-order valence-electron chi connectivity index (χ0n) is 11.9. The van der Waals surface area contributed by atoms with Crippen molar-refractivity contribution in [2.24, 2.45) is 0 Å². The average molecular weight is 275 g/mol. The van der Waals surface area contributed by atoms with Crippen LogP contribution in [0.25, 0.3) is 0 Å². The molecule has 0 atom stereocenters. The summed E-state index contributed by atoms with van der Waals surface area (Å²) in [5.41, 5.74) is 1.87. The molecule has 0 spiro atoms. The summed E-state index contributed by atoms with van der Waals surface area (Å²) in [4.78, 5) is 4.15. The minimum Gasteiger partial charge on any atom is -0.497 e. The van der Waals surface area contributed by atoms with E-state index in [0.717, 1.165) is 5.56 Å². The van der Waals surface area contributed by atoms with E-state index in [1.54, 1.807) is 12.3 Å². The summed E-state index contributed by atoms with van der Waals surface area (Å²) in [6.45, 7) is 4.47. The summed E-state index contributed by atoms with van der Waals surface area (Å²) in [7, 11) is 1.51. The Morgan fingerprint density at radius 2 is 2.00 bits per heavy atom. The van der Waals surface area contributed by atoms with Gasteiger partial charge < -0.3 is 9.47 Å². The van der Waals surface area contributed by atoms with Gasteiger partial charge in [0.25, 0.3) is 0 Å². The predicted octanol–water partition coefficient (Wildman–Crippen LogP) is 3.93. The molecular formula is C16H18FNO2. The fourth-order valence-electron chi connectivity index (χ4n) is 1.84. The second-order valence-corrected chi connectivity index (χ2v) is 4.87. The highest BCUT2D eigenvalue weighted by Crippen LogP contribution is 2.20. The van der Waals surface area contributed by atoms with Crippen LogP contribution in [-0.2, 0) is 6.61 Å². The lowest BCUT2D eigenvalue weighted by Crippen LogP contribution is -1.99. The lowest BCUT2D eigenvalue weighted by Gasteiger charge is -2.10.